The summed E-state index contributed by atoms with van der Waals surface area (Å²) in [5.41, 5.74) is 0.619. The zero-order chi connectivity index (χ0) is 12.1. The van der Waals surface area contributed by atoms with Crippen LogP contribution in [0.25, 0.3) is 0 Å². The molecule has 0 aromatic carbocycles. The maximum atomic E-state index is 10.1. The normalized spacial score (nSPS) is 21.4. The van der Waals surface area contributed by atoms with Crippen molar-refractivity contribution in [3.63, 3.8) is 0 Å². The van der Waals surface area contributed by atoms with E-state index in [0.717, 1.165) is 25.9 Å². The van der Waals surface area contributed by atoms with E-state index in [9.17, 15) is 5.11 Å². The van der Waals surface area contributed by atoms with Crippen LogP contribution in [-0.2, 0) is 4.74 Å². The second-order valence-corrected chi connectivity index (χ2v) is 4.32. The molecular formula is C13H19NO3. The van der Waals surface area contributed by atoms with Crippen LogP contribution in [0.5, 0.6) is 5.75 Å². The van der Waals surface area contributed by atoms with Gasteiger partial charge in [-0.25, -0.2) is 0 Å². The second-order valence-electron chi connectivity index (χ2n) is 4.32. The molecule has 1 aliphatic rings. The first kappa shape index (κ1) is 12.3. The third kappa shape index (κ3) is 3.17. The SMILES string of the molecule is COc1cccnc1C(O)CCC1CCCO1. The van der Waals surface area contributed by atoms with Crippen molar-refractivity contribution in [2.45, 2.75) is 37.9 Å². The summed E-state index contributed by atoms with van der Waals surface area (Å²) in [6.45, 7) is 0.855. The van der Waals surface area contributed by atoms with Crippen LogP contribution in [0.15, 0.2) is 18.3 Å². The van der Waals surface area contributed by atoms with Gasteiger partial charge in [-0.1, -0.05) is 0 Å². The molecule has 1 aromatic rings. The monoisotopic (exact) mass is 237 g/mol. The first-order chi connectivity index (χ1) is 8.31. The van der Waals surface area contributed by atoms with Crippen LogP contribution in [0.3, 0.4) is 0 Å². The number of aliphatic hydroxyl groups is 1. The predicted molar refractivity (Wildman–Crippen MR) is 64.0 cm³/mol. The van der Waals surface area contributed by atoms with E-state index in [4.69, 9.17) is 9.47 Å². The lowest BCUT2D eigenvalue weighted by Gasteiger charge is -2.15. The van der Waals surface area contributed by atoms with Gasteiger partial charge in [0.2, 0.25) is 0 Å². The zero-order valence-electron chi connectivity index (χ0n) is 10.1. The molecule has 1 aromatic heterocycles. The zero-order valence-corrected chi connectivity index (χ0v) is 10.1. The van der Waals surface area contributed by atoms with Crippen molar-refractivity contribution in [3.05, 3.63) is 24.0 Å². The molecule has 1 fully saturated rings. The van der Waals surface area contributed by atoms with Crippen molar-refractivity contribution in [1.29, 1.82) is 0 Å². The highest BCUT2D eigenvalue weighted by Crippen LogP contribution is 2.27. The second kappa shape index (κ2) is 5.98. The average Bonchev–Trinajstić information content (AvgIpc) is 2.89. The summed E-state index contributed by atoms with van der Waals surface area (Å²) in [6.07, 6.45) is 5.18. The maximum absolute atomic E-state index is 10.1. The highest BCUT2D eigenvalue weighted by molar-refractivity contribution is 5.28. The Kier molecular flexibility index (Phi) is 4.34. The largest absolute Gasteiger partial charge is 0.495 e. The number of nitrogens with zero attached hydrogens (tertiary/aromatic N) is 1. The fourth-order valence-electron chi connectivity index (χ4n) is 2.18. The van der Waals surface area contributed by atoms with Crippen molar-refractivity contribution in [2.75, 3.05) is 13.7 Å². The van der Waals surface area contributed by atoms with Gasteiger partial charge < -0.3 is 14.6 Å². The molecule has 2 rings (SSSR count). The molecule has 0 bridgehead atoms. The van der Waals surface area contributed by atoms with Gasteiger partial charge in [0.25, 0.3) is 0 Å². The molecule has 2 atom stereocenters. The Labute approximate surface area is 102 Å². The van der Waals surface area contributed by atoms with E-state index >= 15 is 0 Å². The Hall–Kier alpha value is -1.13. The fourth-order valence-corrected chi connectivity index (χ4v) is 2.18. The standard InChI is InChI=1S/C13H19NO3/c1-16-12-5-2-8-14-13(12)11(15)7-6-10-4-3-9-17-10/h2,5,8,10-11,15H,3-4,6-7,9H2,1H3. The Morgan fingerprint density at radius 3 is 3.24 bits per heavy atom. The van der Waals surface area contributed by atoms with Crippen LogP contribution in [0, 0.1) is 0 Å². The minimum absolute atomic E-state index is 0.305. The van der Waals surface area contributed by atoms with E-state index in [2.05, 4.69) is 4.98 Å². The Morgan fingerprint density at radius 1 is 1.65 bits per heavy atom. The molecule has 0 amide bonds. The summed E-state index contributed by atoms with van der Waals surface area (Å²) in [5, 5.41) is 10.1. The highest BCUT2D eigenvalue weighted by atomic mass is 16.5. The van der Waals surface area contributed by atoms with E-state index in [1.165, 1.54) is 0 Å². The topological polar surface area (TPSA) is 51.6 Å². The summed E-state index contributed by atoms with van der Waals surface area (Å²) in [6, 6.07) is 3.62. The Bertz CT molecular complexity index is 350. The van der Waals surface area contributed by atoms with E-state index in [0.29, 0.717) is 24.0 Å². The van der Waals surface area contributed by atoms with Crippen molar-refractivity contribution >= 4 is 0 Å². The lowest BCUT2D eigenvalue weighted by Crippen LogP contribution is -2.09. The molecule has 4 nitrogen and oxygen atoms in total. The summed E-state index contributed by atoms with van der Waals surface area (Å²) in [5.74, 6) is 0.646. The fraction of sp³-hybridized carbons (Fsp3) is 0.615. The van der Waals surface area contributed by atoms with Crippen molar-refractivity contribution in [3.8, 4) is 5.75 Å². The molecule has 0 saturated carbocycles. The summed E-state index contributed by atoms with van der Waals surface area (Å²) >= 11 is 0. The molecule has 1 N–H and O–H groups in total. The number of aliphatic hydroxyl groups excluding tert-OH is 1. The summed E-state index contributed by atoms with van der Waals surface area (Å²) in [7, 11) is 1.59. The molecule has 2 heterocycles. The van der Waals surface area contributed by atoms with Crippen LogP contribution < -0.4 is 4.74 Å². The number of hydrogen-bond donors (Lipinski definition) is 1. The minimum Gasteiger partial charge on any atom is -0.495 e. The number of methoxy groups -OCH3 is 1. The van der Waals surface area contributed by atoms with Gasteiger partial charge in [0.15, 0.2) is 0 Å². The molecule has 17 heavy (non-hydrogen) atoms. The van der Waals surface area contributed by atoms with Gasteiger partial charge in [0.1, 0.15) is 11.4 Å². The number of hydrogen-bond acceptors (Lipinski definition) is 4. The number of rotatable bonds is 5. The quantitative estimate of drug-likeness (QED) is 0.852. The van der Waals surface area contributed by atoms with Gasteiger partial charge in [-0.15, -0.1) is 0 Å². The smallest absolute Gasteiger partial charge is 0.143 e. The van der Waals surface area contributed by atoms with E-state index in [1.54, 1.807) is 19.4 Å². The third-order valence-electron chi connectivity index (χ3n) is 3.12. The van der Waals surface area contributed by atoms with Crippen LogP contribution in [-0.4, -0.2) is 29.9 Å². The van der Waals surface area contributed by atoms with Gasteiger partial charge >= 0.3 is 0 Å². The van der Waals surface area contributed by atoms with Gasteiger partial charge in [-0.2, -0.15) is 0 Å². The number of pyridine rings is 1. The van der Waals surface area contributed by atoms with E-state index in [-0.39, 0.29) is 0 Å². The molecule has 0 aliphatic carbocycles. The van der Waals surface area contributed by atoms with Gasteiger partial charge in [0, 0.05) is 12.8 Å². The highest BCUT2D eigenvalue weighted by Gasteiger charge is 2.19. The van der Waals surface area contributed by atoms with Gasteiger partial charge in [-0.3, -0.25) is 4.98 Å². The predicted octanol–water partition coefficient (Wildman–Crippen LogP) is 2.08. The first-order valence-corrected chi connectivity index (χ1v) is 6.10. The number of ether oxygens (including phenoxy) is 2. The minimum atomic E-state index is -0.574. The first-order valence-electron chi connectivity index (χ1n) is 6.10. The molecule has 1 aliphatic heterocycles. The van der Waals surface area contributed by atoms with E-state index in [1.807, 2.05) is 6.07 Å². The Balaban J connectivity index is 1.91. The molecule has 2 unspecified atom stereocenters. The maximum Gasteiger partial charge on any atom is 0.143 e. The molecule has 0 spiro atoms. The van der Waals surface area contributed by atoms with Crippen molar-refractivity contribution in [2.24, 2.45) is 0 Å². The summed E-state index contributed by atoms with van der Waals surface area (Å²) in [4.78, 5) is 4.18. The molecular weight excluding hydrogens is 218 g/mol. The molecule has 94 valence electrons. The average molecular weight is 237 g/mol. The van der Waals surface area contributed by atoms with Crippen LogP contribution >= 0.6 is 0 Å². The molecule has 0 radical (unpaired) electrons. The third-order valence-corrected chi connectivity index (χ3v) is 3.12. The van der Waals surface area contributed by atoms with Crippen molar-refractivity contribution in [1.82, 2.24) is 4.98 Å². The van der Waals surface area contributed by atoms with Gasteiger partial charge in [-0.05, 0) is 37.8 Å². The number of aromatic nitrogens is 1. The summed E-state index contributed by atoms with van der Waals surface area (Å²) < 4.78 is 10.7. The van der Waals surface area contributed by atoms with E-state index < -0.39 is 6.10 Å². The Morgan fingerprint density at radius 2 is 2.53 bits per heavy atom. The lowest BCUT2D eigenvalue weighted by molar-refractivity contribution is 0.0794. The van der Waals surface area contributed by atoms with Crippen LogP contribution in [0.2, 0.25) is 0 Å². The van der Waals surface area contributed by atoms with Crippen LogP contribution in [0.1, 0.15) is 37.5 Å². The lowest BCUT2D eigenvalue weighted by atomic mass is 10.0. The molecule has 1 saturated heterocycles. The molecule has 4 heteroatoms. The van der Waals surface area contributed by atoms with Crippen LogP contribution in [0.4, 0.5) is 0 Å². The van der Waals surface area contributed by atoms with Gasteiger partial charge in [0.05, 0.1) is 19.3 Å². The van der Waals surface area contributed by atoms with Crippen molar-refractivity contribution < 1.29 is 14.6 Å².